The maximum absolute atomic E-state index is 9.65. The molecule has 0 radical (unpaired) electrons. The van der Waals surface area contributed by atoms with Crippen LogP contribution in [0.25, 0.3) is 0 Å². The minimum absolute atomic E-state index is 0.353. The van der Waals surface area contributed by atoms with Gasteiger partial charge in [0.05, 0.1) is 12.7 Å². The molecule has 1 N–H and O–H groups in total. The molecule has 16 heavy (non-hydrogen) atoms. The van der Waals surface area contributed by atoms with Crippen LogP contribution >= 0.6 is 0 Å². The summed E-state index contributed by atoms with van der Waals surface area (Å²) in [7, 11) is 3.73. The van der Waals surface area contributed by atoms with Crippen molar-refractivity contribution in [2.45, 2.75) is 38.7 Å². The summed E-state index contributed by atoms with van der Waals surface area (Å²) in [6, 6.07) is 0. The molecule has 0 saturated heterocycles. The molecule has 1 aliphatic rings. The molecule has 0 heterocycles. The van der Waals surface area contributed by atoms with Gasteiger partial charge in [-0.15, -0.1) is 0 Å². The van der Waals surface area contributed by atoms with E-state index in [0.717, 1.165) is 24.9 Å². The summed E-state index contributed by atoms with van der Waals surface area (Å²) in [5.41, 5.74) is 0. The van der Waals surface area contributed by atoms with E-state index in [2.05, 4.69) is 18.9 Å². The third-order valence-electron chi connectivity index (χ3n) is 3.72. The largest absolute Gasteiger partial charge is 0.389 e. The predicted molar refractivity (Wildman–Crippen MR) is 66.5 cm³/mol. The molecule has 96 valence electrons. The predicted octanol–water partition coefficient (Wildman–Crippen LogP) is 1.75. The summed E-state index contributed by atoms with van der Waals surface area (Å²) >= 11 is 0. The molecule has 0 aliphatic heterocycles. The number of aliphatic hydroxyl groups is 1. The van der Waals surface area contributed by atoms with E-state index in [-0.39, 0.29) is 6.10 Å². The number of likely N-dealkylation sites (N-methyl/N-ethyl adjacent to an activating group) is 1. The van der Waals surface area contributed by atoms with E-state index < -0.39 is 0 Å². The second-order valence-corrected chi connectivity index (χ2v) is 5.35. The van der Waals surface area contributed by atoms with Gasteiger partial charge in [-0.25, -0.2) is 0 Å². The number of aliphatic hydroxyl groups excluding tert-OH is 1. The van der Waals surface area contributed by atoms with E-state index >= 15 is 0 Å². The van der Waals surface area contributed by atoms with Crippen LogP contribution in [0.15, 0.2) is 0 Å². The number of hydrogen-bond acceptors (Lipinski definition) is 3. The van der Waals surface area contributed by atoms with Crippen LogP contribution in [0.2, 0.25) is 0 Å². The molecule has 3 nitrogen and oxygen atoms in total. The summed E-state index contributed by atoms with van der Waals surface area (Å²) in [5, 5.41) is 9.65. The highest BCUT2D eigenvalue weighted by Crippen LogP contribution is 2.29. The van der Waals surface area contributed by atoms with Gasteiger partial charge in [0, 0.05) is 20.2 Å². The molecular formula is C13H27NO2. The number of hydrogen-bond donors (Lipinski definition) is 1. The van der Waals surface area contributed by atoms with Gasteiger partial charge in [0.2, 0.25) is 0 Å². The van der Waals surface area contributed by atoms with Crippen molar-refractivity contribution >= 4 is 0 Å². The second-order valence-electron chi connectivity index (χ2n) is 5.35. The number of nitrogens with zero attached hydrogens (tertiary/aromatic N) is 1. The highest BCUT2D eigenvalue weighted by atomic mass is 16.5. The van der Waals surface area contributed by atoms with Crippen molar-refractivity contribution in [3.63, 3.8) is 0 Å². The van der Waals surface area contributed by atoms with Crippen LogP contribution in [0.5, 0.6) is 0 Å². The summed E-state index contributed by atoms with van der Waals surface area (Å²) in [6.07, 6.45) is 5.15. The Morgan fingerprint density at radius 1 is 1.38 bits per heavy atom. The van der Waals surface area contributed by atoms with Crippen molar-refractivity contribution in [2.24, 2.45) is 11.8 Å². The Morgan fingerprint density at radius 2 is 2.06 bits per heavy atom. The van der Waals surface area contributed by atoms with Crippen molar-refractivity contribution in [3.8, 4) is 0 Å². The van der Waals surface area contributed by atoms with Crippen LogP contribution < -0.4 is 0 Å². The van der Waals surface area contributed by atoms with Crippen LogP contribution in [0.1, 0.15) is 32.6 Å². The Hall–Kier alpha value is -0.120. The van der Waals surface area contributed by atoms with Crippen LogP contribution in [-0.2, 0) is 4.74 Å². The van der Waals surface area contributed by atoms with Crippen molar-refractivity contribution in [2.75, 3.05) is 33.9 Å². The SMILES string of the molecule is COC[C@H](O)CN(C)C[C@@H]1CCCC[C@@H]1C. The minimum atomic E-state index is -0.353. The zero-order chi connectivity index (χ0) is 12.0. The summed E-state index contributed by atoms with van der Waals surface area (Å²) in [6.45, 7) is 4.63. The molecule has 0 aromatic carbocycles. The Labute approximate surface area is 99.8 Å². The quantitative estimate of drug-likeness (QED) is 0.753. The minimum Gasteiger partial charge on any atom is -0.389 e. The van der Waals surface area contributed by atoms with Crippen LogP contribution in [0.4, 0.5) is 0 Å². The fourth-order valence-corrected chi connectivity index (χ4v) is 2.74. The van der Waals surface area contributed by atoms with E-state index in [1.54, 1.807) is 7.11 Å². The van der Waals surface area contributed by atoms with Gasteiger partial charge in [-0.2, -0.15) is 0 Å². The number of methoxy groups -OCH3 is 1. The lowest BCUT2D eigenvalue weighted by Crippen LogP contribution is -2.37. The molecular weight excluding hydrogens is 202 g/mol. The van der Waals surface area contributed by atoms with E-state index in [0.29, 0.717) is 6.61 Å². The first kappa shape index (κ1) is 13.9. The molecule has 1 saturated carbocycles. The van der Waals surface area contributed by atoms with Gasteiger partial charge in [0.15, 0.2) is 0 Å². The smallest absolute Gasteiger partial charge is 0.0899 e. The first-order valence-electron chi connectivity index (χ1n) is 6.49. The van der Waals surface area contributed by atoms with Crippen LogP contribution in [0.3, 0.4) is 0 Å². The molecule has 0 bridgehead atoms. The monoisotopic (exact) mass is 229 g/mol. The molecule has 0 spiro atoms. The molecule has 1 fully saturated rings. The molecule has 3 atom stereocenters. The fraction of sp³-hybridized carbons (Fsp3) is 1.00. The molecule has 0 unspecified atom stereocenters. The van der Waals surface area contributed by atoms with Gasteiger partial charge in [0.25, 0.3) is 0 Å². The first-order chi connectivity index (χ1) is 7.63. The summed E-state index contributed by atoms with van der Waals surface area (Å²) < 4.78 is 4.94. The molecule has 1 rings (SSSR count). The lowest BCUT2D eigenvalue weighted by molar-refractivity contribution is 0.0365. The standard InChI is InChI=1S/C13H27NO2/c1-11-6-4-5-7-12(11)8-14(2)9-13(15)10-16-3/h11-13,15H,4-10H2,1-3H3/t11-,12-,13+/m0/s1. The first-order valence-corrected chi connectivity index (χ1v) is 6.49. The van der Waals surface area contributed by atoms with E-state index in [1.165, 1.54) is 25.7 Å². The Bertz CT molecular complexity index is 187. The van der Waals surface area contributed by atoms with Crippen molar-refractivity contribution < 1.29 is 9.84 Å². The molecule has 0 amide bonds. The number of ether oxygens (including phenoxy) is 1. The van der Waals surface area contributed by atoms with Gasteiger partial charge in [-0.3, -0.25) is 0 Å². The van der Waals surface area contributed by atoms with E-state index in [9.17, 15) is 5.11 Å². The van der Waals surface area contributed by atoms with Crippen molar-refractivity contribution in [1.82, 2.24) is 4.90 Å². The third kappa shape index (κ3) is 4.81. The molecule has 0 aromatic rings. The van der Waals surface area contributed by atoms with Crippen molar-refractivity contribution in [3.05, 3.63) is 0 Å². The van der Waals surface area contributed by atoms with Gasteiger partial charge in [-0.05, 0) is 25.3 Å². The lowest BCUT2D eigenvalue weighted by atomic mass is 9.80. The fourth-order valence-electron chi connectivity index (χ4n) is 2.74. The Morgan fingerprint density at radius 3 is 2.69 bits per heavy atom. The lowest BCUT2D eigenvalue weighted by Gasteiger charge is -2.32. The summed E-state index contributed by atoms with van der Waals surface area (Å²) in [4.78, 5) is 2.25. The van der Waals surface area contributed by atoms with Gasteiger partial charge in [0.1, 0.15) is 0 Å². The average molecular weight is 229 g/mol. The van der Waals surface area contributed by atoms with Crippen LogP contribution in [-0.4, -0.2) is 50.0 Å². The number of rotatable bonds is 6. The van der Waals surface area contributed by atoms with Crippen LogP contribution in [0, 0.1) is 11.8 Å². The molecule has 3 heteroatoms. The third-order valence-corrected chi connectivity index (χ3v) is 3.72. The van der Waals surface area contributed by atoms with Gasteiger partial charge in [-0.1, -0.05) is 26.2 Å². The van der Waals surface area contributed by atoms with Gasteiger partial charge >= 0.3 is 0 Å². The zero-order valence-corrected chi connectivity index (χ0v) is 11.0. The topological polar surface area (TPSA) is 32.7 Å². The average Bonchev–Trinajstić information content (AvgIpc) is 2.21. The van der Waals surface area contributed by atoms with Crippen molar-refractivity contribution in [1.29, 1.82) is 0 Å². The van der Waals surface area contributed by atoms with E-state index in [4.69, 9.17) is 4.74 Å². The van der Waals surface area contributed by atoms with Gasteiger partial charge < -0.3 is 14.7 Å². The zero-order valence-electron chi connectivity index (χ0n) is 11.0. The Balaban J connectivity index is 2.24. The van der Waals surface area contributed by atoms with E-state index in [1.807, 2.05) is 0 Å². The Kier molecular flexibility index (Phi) is 6.32. The highest BCUT2D eigenvalue weighted by molar-refractivity contribution is 4.75. The normalized spacial score (nSPS) is 28.3. The maximum Gasteiger partial charge on any atom is 0.0899 e. The second kappa shape index (κ2) is 7.25. The summed E-state index contributed by atoms with van der Waals surface area (Å²) in [5.74, 6) is 1.66. The maximum atomic E-state index is 9.65. The molecule has 0 aromatic heterocycles. The molecule has 1 aliphatic carbocycles. The highest BCUT2D eigenvalue weighted by Gasteiger charge is 2.22.